The van der Waals surface area contributed by atoms with E-state index in [1.807, 2.05) is 18.2 Å². The molecule has 3 heteroatoms. The van der Waals surface area contributed by atoms with Gasteiger partial charge in [-0.3, -0.25) is 5.32 Å². The zero-order chi connectivity index (χ0) is 15.6. The Morgan fingerprint density at radius 1 is 1.05 bits per heavy atom. The summed E-state index contributed by atoms with van der Waals surface area (Å²) in [5.74, 6) is 5.81. The molecule has 0 saturated heterocycles. The third-order valence-electron chi connectivity index (χ3n) is 3.37. The van der Waals surface area contributed by atoms with Gasteiger partial charge in [0.1, 0.15) is 5.82 Å². The van der Waals surface area contributed by atoms with E-state index in [1.54, 1.807) is 12.1 Å². The number of aliphatic hydroxyl groups is 1. The van der Waals surface area contributed by atoms with Crippen LogP contribution in [0, 0.1) is 17.7 Å². The van der Waals surface area contributed by atoms with Crippen molar-refractivity contribution < 1.29 is 9.50 Å². The summed E-state index contributed by atoms with van der Waals surface area (Å²) in [5.41, 5.74) is 1.99. The molecular weight excluding hydrogens is 277 g/mol. The van der Waals surface area contributed by atoms with Gasteiger partial charge in [0.25, 0.3) is 0 Å². The molecular formula is C19H20FNO. The van der Waals surface area contributed by atoms with Crippen molar-refractivity contribution in [3.05, 3.63) is 71.5 Å². The number of benzene rings is 2. The number of hydrogen-bond donors (Lipinski definition) is 2. The fourth-order valence-electron chi connectivity index (χ4n) is 2.22. The molecule has 0 spiro atoms. The molecule has 0 heterocycles. The number of aliphatic hydroxyl groups excluding tert-OH is 1. The average molecular weight is 297 g/mol. The van der Waals surface area contributed by atoms with Crippen molar-refractivity contribution in [1.82, 2.24) is 5.32 Å². The summed E-state index contributed by atoms with van der Waals surface area (Å²) >= 11 is 0. The maximum absolute atomic E-state index is 12.8. The van der Waals surface area contributed by atoms with E-state index in [2.05, 4.69) is 29.3 Å². The topological polar surface area (TPSA) is 32.3 Å². The second kappa shape index (κ2) is 8.99. The Morgan fingerprint density at radius 3 is 2.45 bits per heavy atom. The van der Waals surface area contributed by atoms with Gasteiger partial charge in [-0.05, 0) is 42.7 Å². The van der Waals surface area contributed by atoms with Crippen LogP contribution in [0.25, 0.3) is 0 Å². The Bertz CT molecular complexity index is 613. The molecule has 0 aliphatic heterocycles. The van der Waals surface area contributed by atoms with Crippen LogP contribution in [-0.2, 0) is 0 Å². The van der Waals surface area contributed by atoms with Crippen molar-refractivity contribution in [3.63, 3.8) is 0 Å². The Morgan fingerprint density at radius 2 is 1.77 bits per heavy atom. The first-order chi connectivity index (χ1) is 10.8. The van der Waals surface area contributed by atoms with Gasteiger partial charge in [0.2, 0.25) is 0 Å². The lowest BCUT2D eigenvalue weighted by Crippen LogP contribution is -2.22. The first kappa shape index (κ1) is 16.2. The molecule has 0 fully saturated rings. The number of halogens is 1. The third kappa shape index (κ3) is 5.33. The maximum Gasteiger partial charge on any atom is 0.123 e. The maximum atomic E-state index is 12.8. The lowest BCUT2D eigenvalue weighted by Gasteiger charge is -2.17. The van der Waals surface area contributed by atoms with Gasteiger partial charge in [-0.2, -0.15) is 0 Å². The van der Waals surface area contributed by atoms with Crippen molar-refractivity contribution in [1.29, 1.82) is 0 Å². The largest absolute Gasteiger partial charge is 0.396 e. The molecule has 1 unspecified atom stereocenters. The molecule has 0 amide bonds. The molecule has 0 bridgehead atoms. The molecule has 2 aromatic carbocycles. The van der Waals surface area contributed by atoms with Crippen LogP contribution in [0.4, 0.5) is 4.39 Å². The predicted molar refractivity (Wildman–Crippen MR) is 86.8 cm³/mol. The van der Waals surface area contributed by atoms with Crippen LogP contribution < -0.4 is 5.32 Å². The van der Waals surface area contributed by atoms with Gasteiger partial charge in [-0.15, -0.1) is 0 Å². The molecule has 0 aliphatic rings. The lowest BCUT2D eigenvalue weighted by molar-refractivity contribution is 0.276. The standard InChI is InChI=1S/C19H20FNO/c20-18-12-10-16(11-13-18)6-4-14-21-19(9-5-15-22)17-7-2-1-3-8-17/h1-3,7-8,10-13,19,21-22H,5,9,14-15H2. The summed E-state index contributed by atoms with van der Waals surface area (Å²) in [6.07, 6.45) is 1.61. The molecule has 0 aromatic heterocycles. The summed E-state index contributed by atoms with van der Waals surface area (Å²) in [6.45, 7) is 0.731. The van der Waals surface area contributed by atoms with E-state index >= 15 is 0 Å². The van der Waals surface area contributed by atoms with E-state index in [4.69, 9.17) is 5.11 Å². The van der Waals surface area contributed by atoms with E-state index in [1.165, 1.54) is 17.7 Å². The predicted octanol–water partition coefficient (Wildman–Crippen LogP) is 3.28. The van der Waals surface area contributed by atoms with Gasteiger partial charge in [0.05, 0.1) is 6.54 Å². The highest BCUT2D eigenvalue weighted by molar-refractivity contribution is 5.34. The quantitative estimate of drug-likeness (QED) is 0.802. The fourth-order valence-corrected chi connectivity index (χ4v) is 2.22. The average Bonchev–Trinajstić information content (AvgIpc) is 2.56. The summed E-state index contributed by atoms with van der Waals surface area (Å²) < 4.78 is 12.8. The van der Waals surface area contributed by atoms with Crippen LogP contribution in [0.15, 0.2) is 54.6 Å². The van der Waals surface area contributed by atoms with E-state index in [-0.39, 0.29) is 18.5 Å². The summed E-state index contributed by atoms with van der Waals surface area (Å²) in [5, 5.41) is 12.4. The minimum absolute atomic E-state index is 0.177. The van der Waals surface area contributed by atoms with Crippen LogP contribution in [0.3, 0.4) is 0 Å². The highest BCUT2D eigenvalue weighted by Gasteiger charge is 2.08. The lowest BCUT2D eigenvalue weighted by atomic mass is 10.0. The first-order valence-corrected chi connectivity index (χ1v) is 7.43. The highest BCUT2D eigenvalue weighted by atomic mass is 19.1. The summed E-state index contributed by atoms with van der Waals surface area (Å²) in [6, 6.07) is 16.5. The number of hydrogen-bond acceptors (Lipinski definition) is 2. The Kier molecular flexibility index (Phi) is 6.63. The van der Waals surface area contributed by atoms with Crippen molar-refractivity contribution in [2.75, 3.05) is 13.2 Å². The van der Waals surface area contributed by atoms with Crippen LogP contribution in [0.2, 0.25) is 0 Å². The third-order valence-corrected chi connectivity index (χ3v) is 3.37. The molecule has 0 saturated carbocycles. The number of rotatable bonds is 6. The van der Waals surface area contributed by atoms with E-state index < -0.39 is 0 Å². The molecule has 2 rings (SSSR count). The van der Waals surface area contributed by atoms with Gasteiger partial charge in [0.15, 0.2) is 0 Å². The normalized spacial score (nSPS) is 11.5. The molecule has 114 valence electrons. The second-order valence-electron chi connectivity index (χ2n) is 5.02. The zero-order valence-corrected chi connectivity index (χ0v) is 12.4. The SMILES string of the molecule is OCCCC(NCC#Cc1ccc(F)cc1)c1ccccc1. The second-order valence-corrected chi connectivity index (χ2v) is 5.02. The Balaban J connectivity index is 1.93. The van der Waals surface area contributed by atoms with Gasteiger partial charge in [-0.25, -0.2) is 4.39 Å². The van der Waals surface area contributed by atoms with Crippen molar-refractivity contribution in [2.24, 2.45) is 0 Å². The van der Waals surface area contributed by atoms with Gasteiger partial charge in [0, 0.05) is 18.2 Å². The van der Waals surface area contributed by atoms with Gasteiger partial charge in [-0.1, -0.05) is 42.2 Å². The molecule has 2 aromatic rings. The molecule has 22 heavy (non-hydrogen) atoms. The van der Waals surface area contributed by atoms with E-state index in [0.29, 0.717) is 6.54 Å². The molecule has 1 atom stereocenters. The van der Waals surface area contributed by atoms with E-state index in [9.17, 15) is 4.39 Å². The monoisotopic (exact) mass is 297 g/mol. The van der Waals surface area contributed by atoms with Crippen LogP contribution in [-0.4, -0.2) is 18.3 Å². The molecule has 2 nitrogen and oxygen atoms in total. The molecule has 2 N–H and O–H groups in total. The van der Waals surface area contributed by atoms with Crippen LogP contribution in [0.1, 0.15) is 30.0 Å². The Labute approximate surface area is 131 Å². The van der Waals surface area contributed by atoms with Crippen molar-refractivity contribution in [2.45, 2.75) is 18.9 Å². The van der Waals surface area contributed by atoms with Crippen molar-refractivity contribution >= 4 is 0 Å². The van der Waals surface area contributed by atoms with Crippen LogP contribution >= 0.6 is 0 Å². The summed E-state index contributed by atoms with van der Waals surface area (Å²) in [7, 11) is 0. The zero-order valence-electron chi connectivity index (χ0n) is 12.4. The first-order valence-electron chi connectivity index (χ1n) is 7.43. The number of nitrogens with one attached hydrogen (secondary N) is 1. The Hall–Kier alpha value is -2.15. The smallest absolute Gasteiger partial charge is 0.123 e. The minimum atomic E-state index is -0.253. The van der Waals surface area contributed by atoms with Gasteiger partial charge < -0.3 is 5.11 Å². The highest BCUT2D eigenvalue weighted by Crippen LogP contribution is 2.17. The van der Waals surface area contributed by atoms with Crippen molar-refractivity contribution in [3.8, 4) is 11.8 Å². The fraction of sp³-hybridized carbons (Fsp3) is 0.263. The van der Waals surface area contributed by atoms with Crippen LogP contribution in [0.5, 0.6) is 0 Å². The molecule has 0 radical (unpaired) electrons. The van der Waals surface area contributed by atoms with E-state index in [0.717, 1.165) is 18.4 Å². The minimum Gasteiger partial charge on any atom is -0.396 e. The molecule has 0 aliphatic carbocycles. The summed E-state index contributed by atoms with van der Waals surface area (Å²) in [4.78, 5) is 0. The van der Waals surface area contributed by atoms with Gasteiger partial charge >= 0.3 is 0 Å².